The Hall–Kier alpha value is -0.0900. The molecule has 9 heavy (non-hydrogen) atoms. The molecule has 0 amide bonds. The molecule has 4 heteroatoms. The number of ether oxygens (including phenoxy) is 1. The van der Waals surface area contributed by atoms with Crippen molar-refractivity contribution in [3.8, 4) is 0 Å². The highest BCUT2D eigenvalue weighted by atomic mass is 32.2. The van der Waals surface area contributed by atoms with E-state index in [9.17, 15) is 8.42 Å². The molecule has 1 aliphatic heterocycles. The number of epoxide rings is 1. The summed E-state index contributed by atoms with van der Waals surface area (Å²) >= 11 is 0. The Labute approximate surface area is 54.9 Å². The van der Waals surface area contributed by atoms with Crippen molar-refractivity contribution in [2.24, 2.45) is 0 Å². The molecule has 1 aliphatic rings. The Kier molecular flexibility index (Phi) is 1.77. The van der Waals surface area contributed by atoms with Crippen LogP contribution in [0.1, 0.15) is 6.42 Å². The molecular formula is C5H10O3S. The monoisotopic (exact) mass is 150 g/mol. The summed E-state index contributed by atoms with van der Waals surface area (Å²) in [4.78, 5) is 0. The van der Waals surface area contributed by atoms with Crippen LogP contribution in [0.5, 0.6) is 0 Å². The highest BCUT2D eigenvalue weighted by Crippen LogP contribution is 2.13. The molecule has 1 rings (SSSR count). The third-order valence-electron chi connectivity index (χ3n) is 1.21. The Bertz CT molecular complexity index is 178. The van der Waals surface area contributed by atoms with E-state index in [1.807, 2.05) is 0 Å². The van der Waals surface area contributed by atoms with Gasteiger partial charge in [-0.3, -0.25) is 0 Å². The van der Waals surface area contributed by atoms with Gasteiger partial charge >= 0.3 is 0 Å². The SMILES string of the molecule is CS(=O)(=O)CC[C@H]1CO1. The van der Waals surface area contributed by atoms with Crippen LogP contribution in [0.4, 0.5) is 0 Å². The molecule has 54 valence electrons. The van der Waals surface area contributed by atoms with E-state index < -0.39 is 9.84 Å². The van der Waals surface area contributed by atoms with Gasteiger partial charge in [0.25, 0.3) is 0 Å². The lowest BCUT2D eigenvalue weighted by molar-refractivity contribution is 0.403. The summed E-state index contributed by atoms with van der Waals surface area (Å²) in [5.41, 5.74) is 0. The summed E-state index contributed by atoms with van der Waals surface area (Å²) in [6.45, 7) is 0.746. The Morgan fingerprint density at radius 3 is 2.56 bits per heavy atom. The van der Waals surface area contributed by atoms with Gasteiger partial charge in [0.05, 0.1) is 18.5 Å². The van der Waals surface area contributed by atoms with E-state index in [0.29, 0.717) is 6.42 Å². The Morgan fingerprint density at radius 1 is 1.67 bits per heavy atom. The summed E-state index contributed by atoms with van der Waals surface area (Å²) in [7, 11) is -2.76. The minimum Gasteiger partial charge on any atom is -0.373 e. The molecule has 0 saturated carbocycles. The molecular weight excluding hydrogens is 140 g/mol. The molecule has 0 bridgehead atoms. The van der Waals surface area contributed by atoms with Crippen LogP contribution < -0.4 is 0 Å². The molecule has 0 aliphatic carbocycles. The van der Waals surface area contributed by atoms with Gasteiger partial charge in [-0.2, -0.15) is 0 Å². The topological polar surface area (TPSA) is 46.7 Å². The van der Waals surface area contributed by atoms with Gasteiger partial charge in [0.2, 0.25) is 0 Å². The first-order chi connectivity index (χ1) is 4.08. The van der Waals surface area contributed by atoms with E-state index in [0.717, 1.165) is 6.61 Å². The maximum atomic E-state index is 10.5. The third kappa shape index (κ3) is 3.48. The molecule has 1 heterocycles. The van der Waals surface area contributed by atoms with Crippen LogP contribution in [0.15, 0.2) is 0 Å². The van der Waals surface area contributed by atoms with Crippen molar-refractivity contribution in [2.45, 2.75) is 12.5 Å². The van der Waals surface area contributed by atoms with Crippen molar-refractivity contribution < 1.29 is 13.2 Å². The molecule has 0 aromatic carbocycles. The van der Waals surface area contributed by atoms with E-state index in [1.54, 1.807) is 0 Å². The fourth-order valence-electron chi connectivity index (χ4n) is 0.580. The van der Waals surface area contributed by atoms with Gasteiger partial charge in [0.15, 0.2) is 0 Å². The number of hydrogen-bond donors (Lipinski definition) is 0. The maximum absolute atomic E-state index is 10.5. The van der Waals surface area contributed by atoms with Crippen molar-refractivity contribution >= 4 is 9.84 Å². The predicted octanol–water partition coefficient (Wildman–Crippen LogP) is -0.180. The summed E-state index contributed by atoms with van der Waals surface area (Å²) < 4.78 is 25.9. The quantitative estimate of drug-likeness (QED) is 0.524. The van der Waals surface area contributed by atoms with Crippen LogP contribution in [-0.2, 0) is 14.6 Å². The first-order valence-corrected chi connectivity index (χ1v) is 4.93. The Balaban J connectivity index is 2.18. The predicted molar refractivity (Wildman–Crippen MR) is 34.1 cm³/mol. The molecule has 1 fully saturated rings. The summed E-state index contributed by atoms with van der Waals surface area (Å²) in [6, 6.07) is 0. The summed E-state index contributed by atoms with van der Waals surface area (Å²) in [6.07, 6.45) is 2.15. The lowest BCUT2D eigenvalue weighted by Gasteiger charge is -1.91. The van der Waals surface area contributed by atoms with Gasteiger partial charge in [-0.15, -0.1) is 0 Å². The van der Waals surface area contributed by atoms with Gasteiger partial charge in [0, 0.05) is 6.26 Å². The van der Waals surface area contributed by atoms with E-state index in [2.05, 4.69) is 0 Å². The zero-order valence-electron chi connectivity index (χ0n) is 5.33. The van der Waals surface area contributed by atoms with Gasteiger partial charge < -0.3 is 4.74 Å². The standard InChI is InChI=1S/C5H10O3S/c1-9(6,7)3-2-5-4-8-5/h5H,2-4H2,1H3/t5-/m0/s1. The number of sulfone groups is 1. The lowest BCUT2D eigenvalue weighted by Crippen LogP contribution is -2.05. The molecule has 0 radical (unpaired) electrons. The third-order valence-corrected chi connectivity index (χ3v) is 2.19. The maximum Gasteiger partial charge on any atom is 0.147 e. The van der Waals surface area contributed by atoms with Crippen LogP contribution >= 0.6 is 0 Å². The first kappa shape index (κ1) is 7.02. The van der Waals surface area contributed by atoms with Gasteiger partial charge in [0.1, 0.15) is 9.84 Å². The van der Waals surface area contributed by atoms with Gasteiger partial charge in [-0.1, -0.05) is 0 Å². The molecule has 0 spiro atoms. The van der Waals surface area contributed by atoms with Crippen LogP contribution in [-0.4, -0.2) is 33.1 Å². The average Bonchev–Trinajstić information content (AvgIpc) is 2.38. The van der Waals surface area contributed by atoms with Crippen molar-refractivity contribution in [3.63, 3.8) is 0 Å². The fraction of sp³-hybridized carbons (Fsp3) is 1.00. The molecule has 0 N–H and O–H groups in total. The number of hydrogen-bond acceptors (Lipinski definition) is 3. The van der Waals surface area contributed by atoms with Crippen molar-refractivity contribution in [2.75, 3.05) is 18.6 Å². The molecule has 0 aromatic heterocycles. The highest BCUT2D eigenvalue weighted by molar-refractivity contribution is 7.90. The highest BCUT2D eigenvalue weighted by Gasteiger charge is 2.23. The fourth-order valence-corrected chi connectivity index (χ4v) is 1.27. The van der Waals surface area contributed by atoms with Crippen molar-refractivity contribution in [1.29, 1.82) is 0 Å². The lowest BCUT2D eigenvalue weighted by atomic mass is 10.4. The van der Waals surface area contributed by atoms with Crippen molar-refractivity contribution in [3.05, 3.63) is 0 Å². The smallest absolute Gasteiger partial charge is 0.147 e. The van der Waals surface area contributed by atoms with E-state index in [1.165, 1.54) is 6.26 Å². The van der Waals surface area contributed by atoms with E-state index in [-0.39, 0.29) is 11.9 Å². The second kappa shape index (κ2) is 2.27. The van der Waals surface area contributed by atoms with Gasteiger partial charge in [-0.25, -0.2) is 8.42 Å². The zero-order valence-corrected chi connectivity index (χ0v) is 6.15. The second-order valence-electron chi connectivity index (χ2n) is 2.37. The molecule has 1 saturated heterocycles. The number of rotatable bonds is 3. The summed E-state index contributed by atoms with van der Waals surface area (Å²) in [5, 5.41) is 0. The summed E-state index contributed by atoms with van der Waals surface area (Å²) in [5.74, 6) is 0.262. The van der Waals surface area contributed by atoms with E-state index in [4.69, 9.17) is 4.74 Å². The Morgan fingerprint density at radius 2 is 2.22 bits per heavy atom. The molecule has 0 aromatic rings. The van der Waals surface area contributed by atoms with Gasteiger partial charge in [-0.05, 0) is 6.42 Å². The van der Waals surface area contributed by atoms with Crippen LogP contribution in [0.25, 0.3) is 0 Å². The van der Waals surface area contributed by atoms with Crippen molar-refractivity contribution in [1.82, 2.24) is 0 Å². The molecule has 0 unspecified atom stereocenters. The zero-order chi connectivity index (χ0) is 6.91. The minimum absolute atomic E-state index is 0.236. The molecule has 3 nitrogen and oxygen atoms in total. The average molecular weight is 150 g/mol. The van der Waals surface area contributed by atoms with Crippen LogP contribution in [0, 0.1) is 0 Å². The second-order valence-corrected chi connectivity index (χ2v) is 4.63. The van der Waals surface area contributed by atoms with Crippen LogP contribution in [0.2, 0.25) is 0 Å². The largest absolute Gasteiger partial charge is 0.373 e. The van der Waals surface area contributed by atoms with E-state index >= 15 is 0 Å². The molecule has 1 atom stereocenters. The van der Waals surface area contributed by atoms with Crippen LogP contribution in [0.3, 0.4) is 0 Å². The minimum atomic E-state index is -2.76. The first-order valence-electron chi connectivity index (χ1n) is 2.87. The normalized spacial score (nSPS) is 26.1.